The van der Waals surface area contributed by atoms with E-state index in [1.165, 1.54) is 27.8 Å². The number of para-hydroxylation sites is 2. The number of hydrogen-bond donors (Lipinski definition) is 1. The molecular formula is C25H31N3O. The number of nitrogens with one attached hydrogen (secondary N) is 1. The number of carbonyl (C=O) groups is 1. The van der Waals surface area contributed by atoms with E-state index in [0.29, 0.717) is 12.1 Å². The van der Waals surface area contributed by atoms with Gasteiger partial charge >= 0.3 is 0 Å². The maximum Gasteiger partial charge on any atom is 0.246 e. The Labute approximate surface area is 173 Å². The topological polar surface area (TPSA) is 46.9 Å². The number of rotatable bonds is 7. The maximum atomic E-state index is 11.7. The van der Waals surface area contributed by atoms with Crippen LogP contribution in [-0.2, 0) is 17.8 Å². The number of amides is 1. The van der Waals surface area contributed by atoms with Crippen LogP contribution in [0.4, 0.5) is 0 Å². The Morgan fingerprint density at radius 1 is 1.10 bits per heavy atom. The molecule has 0 saturated carbocycles. The van der Waals surface area contributed by atoms with Crippen LogP contribution in [0.2, 0.25) is 0 Å². The summed E-state index contributed by atoms with van der Waals surface area (Å²) in [6.07, 6.45) is 1.65. The predicted octanol–water partition coefficient (Wildman–Crippen LogP) is 4.94. The van der Waals surface area contributed by atoms with Crippen molar-refractivity contribution >= 4 is 16.9 Å². The lowest BCUT2D eigenvalue weighted by Crippen LogP contribution is -2.25. The SMILES string of the molecule is C=C(C)C(=O)NCCCc1nc2ccccc2n1Cc1c(C)c(C)cc(C)c1C. The first kappa shape index (κ1) is 20.8. The fourth-order valence-corrected chi connectivity index (χ4v) is 3.79. The Kier molecular flexibility index (Phi) is 6.21. The van der Waals surface area contributed by atoms with Crippen molar-refractivity contribution in [2.75, 3.05) is 6.54 Å². The molecule has 4 nitrogen and oxygen atoms in total. The van der Waals surface area contributed by atoms with Crippen LogP contribution in [-0.4, -0.2) is 22.0 Å². The number of fused-ring (bicyclic) bond motifs is 1. The summed E-state index contributed by atoms with van der Waals surface area (Å²) >= 11 is 0. The molecule has 29 heavy (non-hydrogen) atoms. The van der Waals surface area contributed by atoms with E-state index in [4.69, 9.17) is 4.98 Å². The third kappa shape index (κ3) is 4.42. The summed E-state index contributed by atoms with van der Waals surface area (Å²) in [6, 6.07) is 10.6. The summed E-state index contributed by atoms with van der Waals surface area (Å²) in [4.78, 5) is 16.6. The quantitative estimate of drug-likeness (QED) is 0.459. The van der Waals surface area contributed by atoms with Gasteiger partial charge in [-0.15, -0.1) is 0 Å². The second-order valence-corrected chi connectivity index (χ2v) is 7.98. The average Bonchev–Trinajstić information content (AvgIpc) is 3.04. The fraction of sp³-hybridized carbons (Fsp3) is 0.360. The molecule has 0 atom stereocenters. The van der Waals surface area contributed by atoms with E-state index in [0.717, 1.165) is 36.2 Å². The van der Waals surface area contributed by atoms with Crippen molar-refractivity contribution in [1.82, 2.24) is 14.9 Å². The van der Waals surface area contributed by atoms with Gasteiger partial charge in [-0.3, -0.25) is 4.79 Å². The number of imidazole rings is 1. The molecule has 0 fully saturated rings. The van der Waals surface area contributed by atoms with Crippen LogP contribution in [0.15, 0.2) is 42.5 Å². The van der Waals surface area contributed by atoms with Gasteiger partial charge in [-0.2, -0.15) is 0 Å². The van der Waals surface area contributed by atoms with Gasteiger partial charge < -0.3 is 9.88 Å². The monoisotopic (exact) mass is 389 g/mol. The third-order valence-corrected chi connectivity index (χ3v) is 5.82. The van der Waals surface area contributed by atoms with Crippen LogP contribution >= 0.6 is 0 Å². The molecule has 1 heterocycles. The van der Waals surface area contributed by atoms with E-state index < -0.39 is 0 Å². The molecule has 3 aromatic rings. The highest BCUT2D eigenvalue weighted by molar-refractivity contribution is 5.92. The molecule has 1 aromatic heterocycles. The molecule has 1 N–H and O–H groups in total. The molecule has 0 spiro atoms. The molecule has 1 amide bonds. The Morgan fingerprint density at radius 2 is 1.76 bits per heavy atom. The summed E-state index contributed by atoms with van der Waals surface area (Å²) in [5, 5.41) is 2.91. The number of benzene rings is 2. The maximum absolute atomic E-state index is 11.7. The Bertz CT molecular complexity index is 1050. The standard InChI is InChI=1S/C25H31N3O/c1-16(2)25(29)26-13-9-12-24-27-22-10-7-8-11-23(22)28(24)15-21-19(5)17(3)14-18(4)20(21)6/h7-8,10-11,14H,1,9,12-13,15H2,2-6H3,(H,26,29). The lowest BCUT2D eigenvalue weighted by Gasteiger charge is -2.18. The number of nitrogens with zero attached hydrogens (tertiary/aromatic N) is 2. The van der Waals surface area contributed by atoms with Crippen molar-refractivity contribution in [1.29, 1.82) is 0 Å². The first-order valence-electron chi connectivity index (χ1n) is 10.2. The molecule has 0 aliphatic rings. The van der Waals surface area contributed by atoms with Crippen molar-refractivity contribution in [3.63, 3.8) is 0 Å². The molecule has 0 radical (unpaired) electrons. The van der Waals surface area contributed by atoms with E-state index in [1.807, 2.05) is 6.07 Å². The Morgan fingerprint density at radius 3 is 2.41 bits per heavy atom. The van der Waals surface area contributed by atoms with Crippen LogP contribution in [0, 0.1) is 27.7 Å². The summed E-state index contributed by atoms with van der Waals surface area (Å²) in [5.41, 5.74) is 9.46. The molecule has 2 aromatic carbocycles. The van der Waals surface area contributed by atoms with Crippen molar-refractivity contribution in [3.05, 3.63) is 76.1 Å². The minimum Gasteiger partial charge on any atom is -0.352 e. The van der Waals surface area contributed by atoms with Gasteiger partial charge in [0.25, 0.3) is 0 Å². The van der Waals surface area contributed by atoms with Crippen LogP contribution in [0.3, 0.4) is 0 Å². The second kappa shape index (κ2) is 8.64. The lowest BCUT2D eigenvalue weighted by atomic mass is 9.94. The van der Waals surface area contributed by atoms with Crippen molar-refractivity contribution < 1.29 is 4.79 Å². The number of carbonyl (C=O) groups excluding carboxylic acids is 1. The summed E-state index contributed by atoms with van der Waals surface area (Å²) < 4.78 is 2.34. The van der Waals surface area contributed by atoms with Gasteiger partial charge in [0.2, 0.25) is 5.91 Å². The first-order chi connectivity index (χ1) is 13.8. The lowest BCUT2D eigenvalue weighted by molar-refractivity contribution is -0.117. The predicted molar refractivity (Wildman–Crippen MR) is 120 cm³/mol. The zero-order chi connectivity index (χ0) is 21.1. The minimum absolute atomic E-state index is 0.0833. The van der Waals surface area contributed by atoms with E-state index in [1.54, 1.807) is 6.92 Å². The van der Waals surface area contributed by atoms with Crippen molar-refractivity contribution in [2.45, 2.75) is 54.0 Å². The molecule has 0 saturated heterocycles. The van der Waals surface area contributed by atoms with Crippen LogP contribution in [0.5, 0.6) is 0 Å². The van der Waals surface area contributed by atoms with Crippen molar-refractivity contribution in [2.24, 2.45) is 0 Å². The zero-order valence-corrected chi connectivity index (χ0v) is 18.2. The van der Waals surface area contributed by atoms with Gasteiger partial charge in [0.05, 0.1) is 11.0 Å². The highest BCUT2D eigenvalue weighted by Crippen LogP contribution is 2.25. The fourth-order valence-electron chi connectivity index (χ4n) is 3.79. The van der Waals surface area contributed by atoms with Gasteiger partial charge in [0.1, 0.15) is 5.82 Å². The first-order valence-corrected chi connectivity index (χ1v) is 10.2. The van der Waals surface area contributed by atoms with E-state index in [9.17, 15) is 4.79 Å². The third-order valence-electron chi connectivity index (χ3n) is 5.82. The van der Waals surface area contributed by atoms with Gasteiger partial charge in [0, 0.05) is 25.1 Å². The molecule has 0 aliphatic heterocycles. The summed E-state index contributed by atoms with van der Waals surface area (Å²) in [5.74, 6) is 0.980. The molecule has 3 rings (SSSR count). The van der Waals surface area contributed by atoms with Crippen molar-refractivity contribution in [3.8, 4) is 0 Å². The summed E-state index contributed by atoms with van der Waals surface area (Å²) in [6.45, 7) is 15.6. The average molecular weight is 390 g/mol. The van der Waals surface area contributed by atoms with Gasteiger partial charge in [0.15, 0.2) is 0 Å². The van der Waals surface area contributed by atoms with Gasteiger partial charge in [-0.25, -0.2) is 4.98 Å². The van der Waals surface area contributed by atoms with E-state index in [2.05, 4.69) is 68.4 Å². The number of aryl methyl sites for hydroxylation is 3. The molecule has 0 bridgehead atoms. The number of aromatic nitrogens is 2. The molecule has 0 aliphatic carbocycles. The minimum atomic E-state index is -0.0833. The molecule has 152 valence electrons. The zero-order valence-electron chi connectivity index (χ0n) is 18.2. The highest BCUT2D eigenvalue weighted by Gasteiger charge is 2.15. The van der Waals surface area contributed by atoms with Gasteiger partial charge in [-0.1, -0.05) is 24.8 Å². The molecule has 4 heteroatoms. The second-order valence-electron chi connectivity index (χ2n) is 7.98. The van der Waals surface area contributed by atoms with Crippen LogP contribution in [0.1, 0.15) is 47.0 Å². The number of hydrogen-bond acceptors (Lipinski definition) is 2. The van der Waals surface area contributed by atoms with E-state index in [-0.39, 0.29) is 5.91 Å². The summed E-state index contributed by atoms with van der Waals surface area (Å²) in [7, 11) is 0. The van der Waals surface area contributed by atoms with Crippen LogP contribution in [0.25, 0.3) is 11.0 Å². The largest absolute Gasteiger partial charge is 0.352 e. The Balaban J connectivity index is 1.90. The van der Waals surface area contributed by atoms with E-state index >= 15 is 0 Å². The van der Waals surface area contributed by atoms with Crippen LogP contribution < -0.4 is 5.32 Å². The Hall–Kier alpha value is -2.88. The normalized spacial score (nSPS) is 11.1. The molecular weight excluding hydrogens is 358 g/mol. The smallest absolute Gasteiger partial charge is 0.246 e. The molecule has 0 unspecified atom stereocenters. The highest BCUT2D eigenvalue weighted by atomic mass is 16.1. The van der Waals surface area contributed by atoms with Gasteiger partial charge in [-0.05, 0) is 81.0 Å².